The molecule has 2 amide bonds. The van der Waals surface area contributed by atoms with Crippen molar-refractivity contribution in [3.05, 3.63) is 54.2 Å². The second kappa shape index (κ2) is 6.39. The van der Waals surface area contributed by atoms with E-state index in [1.54, 1.807) is 16.0 Å². The molecule has 1 aromatic carbocycles. The number of nitrogens with zero attached hydrogens (tertiary/aromatic N) is 3. The minimum Gasteiger partial charge on any atom is -0.342 e. The van der Waals surface area contributed by atoms with Gasteiger partial charge >= 0.3 is 0 Å². The lowest BCUT2D eigenvalue weighted by Gasteiger charge is -2.32. The topological polar surface area (TPSA) is 53.5 Å². The van der Waals surface area contributed by atoms with Gasteiger partial charge in [0, 0.05) is 37.9 Å². The Hall–Kier alpha value is -2.69. The summed E-state index contributed by atoms with van der Waals surface area (Å²) in [4.78, 5) is 30.9. The van der Waals surface area contributed by atoms with Crippen LogP contribution in [0.25, 0.3) is 11.3 Å². The minimum absolute atomic E-state index is 0.0299. The van der Waals surface area contributed by atoms with Crippen LogP contribution in [0.5, 0.6) is 0 Å². The number of carbonyl (C=O) groups excluding carboxylic acids is 2. The average molecular weight is 295 g/mol. The molecule has 1 aromatic heterocycles. The fourth-order valence-electron chi connectivity index (χ4n) is 2.51. The molecule has 1 aliphatic rings. The highest BCUT2D eigenvalue weighted by Gasteiger charge is 2.21. The molecule has 0 aliphatic carbocycles. The summed E-state index contributed by atoms with van der Waals surface area (Å²) in [6.45, 7) is 2.31. The molecule has 0 saturated carbocycles. The molecular weight excluding hydrogens is 278 g/mol. The molecule has 0 atom stereocenters. The van der Waals surface area contributed by atoms with Crippen LogP contribution in [-0.4, -0.2) is 53.3 Å². The van der Waals surface area contributed by atoms with Gasteiger partial charge in [0.15, 0.2) is 0 Å². The van der Waals surface area contributed by atoms with E-state index in [9.17, 15) is 9.59 Å². The van der Waals surface area contributed by atoms with E-state index < -0.39 is 0 Å². The van der Waals surface area contributed by atoms with Gasteiger partial charge in [-0.3, -0.25) is 14.6 Å². The van der Waals surface area contributed by atoms with Crippen molar-refractivity contribution in [2.45, 2.75) is 0 Å². The minimum atomic E-state index is -0.0299. The van der Waals surface area contributed by atoms with Crippen molar-refractivity contribution in [2.75, 3.05) is 26.2 Å². The van der Waals surface area contributed by atoms with Crippen LogP contribution in [0.3, 0.4) is 0 Å². The molecule has 1 saturated heterocycles. The Morgan fingerprint density at radius 2 is 1.73 bits per heavy atom. The smallest absolute Gasteiger partial charge is 0.255 e. The van der Waals surface area contributed by atoms with E-state index in [1.165, 1.54) is 0 Å². The van der Waals surface area contributed by atoms with Crippen molar-refractivity contribution in [1.29, 1.82) is 0 Å². The summed E-state index contributed by atoms with van der Waals surface area (Å²) in [6.07, 6.45) is 2.45. The van der Waals surface area contributed by atoms with E-state index in [4.69, 9.17) is 0 Å². The van der Waals surface area contributed by atoms with Crippen molar-refractivity contribution in [3.8, 4) is 11.3 Å². The Morgan fingerprint density at radius 3 is 2.32 bits per heavy atom. The van der Waals surface area contributed by atoms with Crippen LogP contribution in [0.1, 0.15) is 10.4 Å². The van der Waals surface area contributed by atoms with E-state index in [0.717, 1.165) is 17.7 Å². The molecule has 0 radical (unpaired) electrons. The average Bonchev–Trinajstić information content (AvgIpc) is 2.62. The van der Waals surface area contributed by atoms with Gasteiger partial charge in [-0.05, 0) is 12.1 Å². The standard InChI is InChI=1S/C17H17N3O2/c21-13-19-8-10-20(11-9-19)17(22)15-6-7-16(18-12-15)14-4-2-1-3-5-14/h1-7,12-13H,8-11H2. The summed E-state index contributed by atoms with van der Waals surface area (Å²) in [5.74, 6) is -0.0299. The van der Waals surface area contributed by atoms with Gasteiger partial charge in [-0.25, -0.2) is 0 Å². The van der Waals surface area contributed by atoms with Gasteiger partial charge in [0.2, 0.25) is 6.41 Å². The van der Waals surface area contributed by atoms with Gasteiger partial charge in [-0.1, -0.05) is 30.3 Å². The highest BCUT2D eigenvalue weighted by molar-refractivity contribution is 5.94. The Morgan fingerprint density at radius 1 is 1.00 bits per heavy atom. The van der Waals surface area contributed by atoms with Gasteiger partial charge < -0.3 is 9.80 Å². The first-order valence-corrected chi connectivity index (χ1v) is 7.28. The molecule has 5 heteroatoms. The fraction of sp³-hybridized carbons (Fsp3) is 0.235. The molecule has 1 aliphatic heterocycles. The normalized spacial score (nSPS) is 14.7. The number of aromatic nitrogens is 1. The third-order valence-electron chi connectivity index (χ3n) is 3.83. The van der Waals surface area contributed by atoms with Crippen molar-refractivity contribution >= 4 is 12.3 Å². The lowest BCUT2D eigenvalue weighted by Crippen LogP contribution is -2.48. The van der Waals surface area contributed by atoms with Crippen LogP contribution in [0.4, 0.5) is 0 Å². The second-order valence-electron chi connectivity index (χ2n) is 5.23. The van der Waals surface area contributed by atoms with Crippen LogP contribution in [0, 0.1) is 0 Å². The van der Waals surface area contributed by atoms with Gasteiger partial charge in [0.05, 0.1) is 11.3 Å². The summed E-state index contributed by atoms with van der Waals surface area (Å²) >= 11 is 0. The van der Waals surface area contributed by atoms with Gasteiger partial charge in [0.1, 0.15) is 0 Å². The molecule has 1 fully saturated rings. The number of rotatable bonds is 3. The number of piperazine rings is 1. The van der Waals surface area contributed by atoms with Crippen LogP contribution < -0.4 is 0 Å². The lowest BCUT2D eigenvalue weighted by atomic mass is 10.1. The molecule has 112 valence electrons. The summed E-state index contributed by atoms with van der Waals surface area (Å²) in [6, 6.07) is 13.5. The van der Waals surface area contributed by atoms with Crippen molar-refractivity contribution in [3.63, 3.8) is 0 Å². The number of hydrogen-bond acceptors (Lipinski definition) is 3. The summed E-state index contributed by atoms with van der Waals surface area (Å²) < 4.78 is 0. The van der Waals surface area contributed by atoms with Crippen LogP contribution in [0.2, 0.25) is 0 Å². The Balaban J connectivity index is 1.70. The molecule has 0 unspecified atom stereocenters. The fourth-order valence-corrected chi connectivity index (χ4v) is 2.51. The first kappa shape index (κ1) is 14.3. The first-order valence-electron chi connectivity index (χ1n) is 7.28. The van der Waals surface area contributed by atoms with Crippen molar-refractivity contribution in [2.24, 2.45) is 0 Å². The van der Waals surface area contributed by atoms with E-state index >= 15 is 0 Å². The second-order valence-corrected chi connectivity index (χ2v) is 5.23. The highest BCUT2D eigenvalue weighted by Crippen LogP contribution is 2.17. The molecule has 0 spiro atoms. The largest absolute Gasteiger partial charge is 0.342 e. The number of benzene rings is 1. The third-order valence-corrected chi connectivity index (χ3v) is 3.83. The molecule has 0 N–H and O–H groups in total. The van der Waals surface area contributed by atoms with E-state index in [2.05, 4.69) is 4.98 Å². The SMILES string of the molecule is O=CN1CCN(C(=O)c2ccc(-c3ccccc3)nc2)CC1. The molecular formula is C17H17N3O2. The predicted molar refractivity (Wildman–Crippen MR) is 83.2 cm³/mol. The van der Waals surface area contributed by atoms with E-state index in [0.29, 0.717) is 31.7 Å². The van der Waals surface area contributed by atoms with Gasteiger partial charge in [-0.15, -0.1) is 0 Å². The molecule has 2 heterocycles. The Labute approximate surface area is 129 Å². The first-order chi connectivity index (χ1) is 10.8. The van der Waals surface area contributed by atoms with Crippen molar-refractivity contribution in [1.82, 2.24) is 14.8 Å². The number of amides is 2. The number of pyridine rings is 1. The zero-order valence-electron chi connectivity index (χ0n) is 12.2. The van der Waals surface area contributed by atoms with Crippen LogP contribution in [-0.2, 0) is 4.79 Å². The number of carbonyl (C=O) groups is 2. The zero-order valence-corrected chi connectivity index (χ0v) is 12.2. The third kappa shape index (κ3) is 2.98. The summed E-state index contributed by atoms with van der Waals surface area (Å²) in [5.41, 5.74) is 2.46. The number of hydrogen-bond donors (Lipinski definition) is 0. The van der Waals surface area contributed by atoms with Gasteiger partial charge in [-0.2, -0.15) is 0 Å². The summed E-state index contributed by atoms with van der Waals surface area (Å²) in [5, 5.41) is 0. The Kier molecular flexibility index (Phi) is 4.14. The van der Waals surface area contributed by atoms with Crippen LogP contribution >= 0.6 is 0 Å². The molecule has 5 nitrogen and oxygen atoms in total. The molecule has 22 heavy (non-hydrogen) atoms. The zero-order chi connectivity index (χ0) is 15.4. The monoisotopic (exact) mass is 295 g/mol. The molecule has 0 bridgehead atoms. The molecule has 3 rings (SSSR count). The lowest BCUT2D eigenvalue weighted by molar-refractivity contribution is -0.119. The quantitative estimate of drug-likeness (QED) is 0.809. The Bertz CT molecular complexity index is 647. The highest BCUT2D eigenvalue weighted by atomic mass is 16.2. The van der Waals surface area contributed by atoms with Crippen molar-refractivity contribution < 1.29 is 9.59 Å². The summed E-state index contributed by atoms with van der Waals surface area (Å²) in [7, 11) is 0. The predicted octanol–water partition coefficient (Wildman–Crippen LogP) is 1.66. The maximum absolute atomic E-state index is 12.4. The van der Waals surface area contributed by atoms with E-state index in [1.807, 2.05) is 42.5 Å². The maximum atomic E-state index is 12.4. The van der Waals surface area contributed by atoms with E-state index in [-0.39, 0.29) is 5.91 Å². The van der Waals surface area contributed by atoms with Crippen LogP contribution in [0.15, 0.2) is 48.7 Å². The molecule has 2 aromatic rings. The maximum Gasteiger partial charge on any atom is 0.255 e. The van der Waals surface area contributed by atoms with Gasteiger partial charge in [0.25, 0.3) is 5.91 Å².